The maximum Gasteiger partial charge on any atom is 0.254 e. The normalized spacial score (nSPS) is 11.2. The van der Waals surface area contributed by atoms with Crippen molar-refractivity contribution >= 4 is 29.1 Å². The van der Waals surface area contributed by atoms with Gasteiger partial charge in [0.05, 0.1) is 0 Å². The van der Waals surface area contributed by atoms with Crippen LogP contribution >= 0.6 is 23.4 Å². The molecule has 0 aliphatic carbocycles. The van der Waals surface area contributed by atoms with Crippen LogP contribution in [0.15, 0.2) is 34.4 Å². The molecule has 0 N–H and O–H groups in total. The van der Waals surface area contributed by atoms with E-state index in [1.54, 1.807) is 16.3 Å². The molecule has 0 spiro atoms. The number of hydrogen-bond donors (Lipinski definition) is 0. The minimum absolute atomic E-state index is 0.470. The molecule has 0 saturated carbocycles. The molecule has 0 unspecified atom stereocenters. The summed E-state index contributed by atoms with van der Waals surface area (Å²) in [6.07, 6.45) is 1.49. The van der Waals surface area contributed by atoms with E-state index in [-0.39, 0.29) is 0 Å². The van der Waals surface area contributed by atoms with Gasteiger partial charge in [0.15, 0.2) is 0 Å². The van der Waals surface area contributed by atoms with E-state index in [0.717, 1.165) is 10.6 Å². The van der Waals surface area contributed by atoms with Crippen LogP contribution in [0.25, 0.3) is 5.78 Å². The number of fused-ring (bicyclic) bond motifs is 1. The van der Waals surface area contributed by atoms with Crippen molar-refractivity contribution in [3.8, 4) is 0 Å². The predicted octanol–water partition coefficient (Wildman–Crippen LogP) is 3.85. The van der Waals surface area contributed by atoms with E-state index in [9.17, 15) is 0 Å². The third kappa shape index (κ3) is 2.27. The minimum atomic E-state index is 0.470. The van der Waals surface area contributed by atoms with Crippen molar-refractivity contribution in [2.45, 2.75) is 30.7 Å². The Morgan fingerprint density at radius 3 is 2.75 bits per heavy atom. The summed E-state index contributed by atoms with van der Waals surface area (Å²) in [4.78, 5) is 9.50. The zero-order chi connectivity index (χ0) is 14.3. The van der Waals surface area contributed by atoms with Crippen LogP contribution in [-0.4, -0.2) is 19.6 Å². The SMILES string of the molecule is Cc1ccc(Sc2c(C)c(Cl)nc3ncnn23)c(C)c1. The van der Waals surface area contributed by atoms with Crippen molar-refractivity contribution in [3.63, 3.8) is 0 Å². The van der Waals surface area contributed by atoms with Gasteiger partial charge in [0, 0.05) is 10.5 Å². The lowest BCUT2D eigenvalue weighted by atomic mass is 10.2. The summed E-state index contributed by atoms with van der Waals surface area (Å²) in [5.41, 5.74) is 3.40. The first-order chi connectivity index (χ1) is 9.56. The van der Waals surface area contributed by atoms with Crippen molar-refractivity contribution in [2.24, 2.45) is 0 Å². The molecule has 0 amide bonds. The predicted molar refractivity (Wildman–Crippen MR) is 80.6 cm³/mol. The largest absolute Gasteiger partial charge is 0.254 e. The van der Waals surface area contributed by atoms with Crippen molar-refractivity contribution < 1.29 is 0 Å². The highest BCUT2D eigenvalue weighted by Crippen LogP contribution is 2.34. The highest BCUT2D eigenvalue weighted by molar-refractivity contribution is 7.99. The molecule has 0 radical (unpaired) electrons. The number of aromatic nitrogens is 4. The smallest absolute Gasteiger partial charge is 0.199 e. The first-order valence-electron chi connectivity index (χ1n) is 6.17. The van der Waals surface area contributed by atoms with E-state index in [0.29, 0.717) is 10.9 Å². The topological polar surface area (TPSA) is 43.1 Å². The zero-order valence-electron chi connectivity index (χ0n) is 11.4. The standard InChI is InChI=1S/C14H13ClN4S/c1-8-4-5-11(9(2)6-8)20-13-10(3)12(15)18-14-16-7-17-19(13)14/h4-7H,1-3H3. The molecule has 2 heterocycles. The minimum Gasteiger partial charge on any atom is -0.199 e. The molecule has 3 aromatic rings. The second-order valence-corrected chi connectivity index (χ2v) is 6.06. The monoisotopic (exact) mass is 304 g/mol. The van der Waals surface area contributed by atoms with Gasteiger partial charge in [0.1, 0.15) is 16.5 Å². The number of benzene rings is 1. The number of rotatable bonds is 2. The van der Waals surface area contributed by atoms with E-state index in [2.05, 4.69) is 47.1 Å². The molecule has 102 valence electrons. The van der Waals surface area contributed by atoms with E-state index in [1.807, 2.05) is 6.92 Å². The van der Waals surface area contributed by atoms with Gasteiger partial charge in [-0.25, -0.2) is 0 Å². The van der Waals surface area contributed by atoms with Gasteiger partial charge >= 0.3 is 0 Å². The van der Waals surface area contributed by atoms with E-state index >= 15 is 0 Å². The summed E-state index contributed by atoms with van der Waals surface area (Å²) in [7, 11) is 0. The molecule has 3 rings (SSSR count). The van der Waals surface area contributed by atoms with Crippen molar-refractivity contribution in [1.82, 2.24) is 19.6 Å². The second-order valence-electron chi connectivity index (χ2n) is 4.68. The number of aryl methyl sites for hydroxylation is 2. The second kappa shape index (κ2) is 5.07. The van der Waals surface area contributed by atoms with E-state index < -0.39 is 0 Å². The van der Waals surface area contributed by atoms with Crippen molar-refractivity contribution in [1.29, 1.82) is 0 Å². The summed E-state index contributed by atoms with van der Waals surface area (Å²) in [6, 6.07) is 6.39. The fraction of sp³-hybridized carbons (Fsp3) is 0.214. The Balaban J connectivity index is 2.14. The van der Waals surface area contributed by atoms with Crippen LogP contribution in [0, 0.1) is 20.8 Å². The number of hydrogen-bond acceptors (Lipinski definition) is 4. The molecular formula is C14H13ClN4S. The Hall–Kier alpha value is -1.59. The number of nitrogens with zero attached hydrogens (tertiary/aromatic N) is 4. The van der Waals surface area contributed by atoms with Gasteiger partial charge in [-0.2, -0.15) is 19.6 Å². The van der Waals surface area contributed by atoms with Crippen LogP contribution in [0.2, 0.25) is 5.15 Å². The van der Waals surface area contributed by atoms with Gasteiger partial charge in [-0.3, -0.25) is 0 Å². The summed E-state index contributed by atoms with van der Waals surface area (Å²) >= 11 is 7.81. The Bertz CT molecular complexity index is 797. The first kappa shape index (κ1) is 13.4. The average molecular weight is 305 g/mol. The van der Waals surface area contributed by atoms with Gasteiger partial charge < -0.3 is 0 Å². The summed E-state index contributed by atoms with van der Waals surface area (Å²) in [6.45, 7) is 6.14. The van der Waals surface area contributed by atoms with Gasteiger partial charge in [0.2, 0.25) is 0 Å². The maximum absolute atomic E-state index is 6.18. The third-order valence-corrected chi connectivity index (χ3v) is 4.81. The molecule has 4 nitrogen and oxygen atoms in total. The summed E-state index contributed by atoms with van der Waals surface area (Å²) in [5.74, 6) is 0.521. The molecule has 0 aliphatic rings. The average Bonchev–Trinajstić information content (AvgIpc) is 2.85. The Labute approximate surface area is 126 Å². The molecule has 20 heavy (non-hydrogen) atoms. The molecule has 0 atom stereocenters. The van der Waals surface area contributed by atoms with Crippen molar-refractivity contribution in [3.05, 3.63) is 46.4 Å². The quantitative estimate of drug-likeness (QED) is 0.674. The molecule has 6 heteroatoms. The van der Waals surface area contributed by atoms with Crippen LogP contribution in [0.4, 0.5) is 0 Å². The number of halogens is 1. The first-order valence-corrected chi connectivity index (χ1v) is 7.36. The van der Waals surface area contributed by atoms with Gasteiger partial charge in [-0.05, 0) is 32.4 Å². The Morgan fingerprint density at radius 2 is 2.00 bits per heavy atom. The summed E-state index contributed by atoms with van der Waals surface area (Å²) in [5, 5.41) is 5.65. The van der Waals surface area contributed by atoms with Gasteiger partial charge in [-0.15, -0.1) is 0 Å². The fourth-order valence-electron chi connectivity index (χ4n) is 2.01. The van der Waals surface area contributed by atoms with Crippen molar-refractivity contribution in [2.75, 3.05) is 0 Å². The summed E-state index contributed by atoms with van der Waals surface area (Å²) < 4.78 is 1.73. The molecular weight excluding hydrogens is 292 g/mol. The molecule has 0 bridgehead atoms. The lowest BCUT2D eigenvalue weighted by molar-refractivity contribution is 0.825. The molecule has 1 aromatic carbocycles. The van der Waals surface area contributed by atoms with Crippen LogP contribution < -0.4 is 0 Å². The zero-order valence-corrected chi connectivity index (χ0v) is 13.0. The van der Waals surface area contributed by atoms with Gasteiger partial charge in [-0.1, -0.05) is 41.1 Å². The van der Waals surface area contributed by atoms with Crippen LogP contribution in [0.5, 0.6) is 0 Å². The lowest BCUT2D eigenvalue weighted by Crippen LogP contribution is -2.00. The molecule has 0 aliphatic heterocycles. The molecule has 0 fully saturated rings. The Morgan fingerprint density at radius 1 is 1.20 bits per heavy atom. The highest BCUT2D eigenvalue weighted by atomic mass is 35.5. The molecule has 0 saturated heterocycles. The van der Waals surface area contributed by atoms with Crippen LogP contribution in [0.1, 0.15) is 16.7 Å². The fourth-order valence-corrected chi connectivity index (χ4v) is 3.26. The Kier molecular flexibility index (Phi) is 3.40. The van der Waals surface area contributed by atoms with Crippen LogP contribution in [0.3, 0.4) is 0 Å². The van der Waals surface area contributed by atoms with Crippen LogP contribution in [-0.2, 0) is 0 Å². The third-order valence-electron chi connectivity index (χ3n) is 3.09. The van der Waals surface area contributed by atoms with Gasteiger partial charge in [0.25, 0.3) is 5.78 Å². The molecule has 2 aromatic heterocycles. The highest BCUT2D eigenvalue weighted by Gasteiger charge is 2.14. The lowest BCUT2D eigenvalue weighted by Gasteiger charge is -2.10. The van der Waals surface area contributed by atoms with E-state index in [4.69, 9.17) is 11.6 Å². The maximum atomic E-state index is 6.18. The van der Waals surface area contributed by atoms with E-state index in [1.165, 1.54) is 22.3 Å².